The molecule has 0 spiro atoms. The molecule has 1 aromatic carbocycles. The zero-order valence-corrected chi connectivity index (χ0v) is 18.7. The van der Waals surface area contributed by atoms with Gasteiger partial charge in [-0.2, -0.15) is 4.98 Å². The van der Waals surface area contributed by atoms with Gasteiger partial charge in [0.25, 0.3) is 5.82 Å². The molecular weight excluding hydrogens is 434 g/mol. The number of amides is 1. The molecule has 1 atom stereocenters. The van der Waals surface area contributed by atoms with Gasteiger partial charge in [0.05, 0.1) is 12.2 Å². The van der Waals surface area contributed by atoms with E-state index in [0.29, 0.717) is 17.9 Å². The largest absolute Gasteiger partial charge is 0.481 e. The fourth-order valence-corrected chi connectivity index (χ4v) is 5.24. The lowest BCUT2D eigenvalue weighted by Crippen LogP contribution is -2.32. The van der Waals surface area contributed by atoms with Crippen molar-refractivity contribution in [3.8, 4) is 0 Å². The molecule has 1 fully saturated rings. The minimum absolute atomic E-state index is 0.0432. The van der Waals surface area contributed by atoms with Crippen LogP contribution in [0.3, 0.4) is 0 Å². The van der Waals surface area contributed by atoms with E-state index in [1.807, 2.05) is 4.72 Å². The molecule has 1 heterocycles. The molecule has 174 valence electrons. The van der Waals surface area contributed by atoms with Crippen molar-refractivity contribution < 1.29 is 27.6 Å². The van der Waals surface area contributed by atoms with E-state index in [-0.39, 0.29) is 18.1 Å². The summed E-state index contributed by atoms with van der Waals surface area (Å²) in [5.74, 6) is -2.61. The molecule has 2 N–H and O–H groups in total. The van der Waals surface area contributed by atoms with Crippen molar-refractivity contribution in [2.75, 3.05) is 0 Å². The first-order valence-corrected chi connectivity index (χ1v) is 12.6. The Labute approximate surface area is 187 Å². The van der Waals surface area contributed by atoms with Crippen LogP contribution in [0.1, 0.15) is 85.8 Å². The van der Waals surface area contributed by atoms with Crippen molar-refractivity contribution in [3.05, 3.63) is 47.6 Å². The first kappa shape index (κ1) is 23.9. The number of rotatable bonds is 11. The van der Waals surface area contributed by atoms with E-state index >= 15 is 0 Å². The molecule has 1 amide bonds. The van der Waals surface area contributed by atoms with Crippen LogP contribution in [0.15, 0.2) is 34.9 Å². The van der Waals surface area contributed by atoms with Crippen molar-refractivity contribution in [2.24, 2.45) is 5.92 Å². The summed E-state index contributed by atoms with van der Waals surface area (Å²) in [6, 6.07) is 8.45. The van der Waals surface area contributed by atoms with Crippen LogP contribution in [0.5, 0.6) is 0 Å². The summed E-state index contributed by atoms with van der Waals surface area (Å²) in [4.78, 5) is 27.6. The van der Waals surface area contributed by atoms with Gasteiger partial charge in [0.1, 0.15) is 0 Å². The van der Waals surface area contributed by atoms with Gasteiger partial charge < -0.3 is 9.63 Å². The molecule has 0 saturated heterocycles. The maximum atomic E-state index is 12.3. The molecule has 1 saturated carbocycles. The van der Waals surface area contributed by atoms with Crippen molar-refractivity contribution in [2.45, 2.75) is 69.5 Å². The molecule has 1 aromatic heterocycles. The number of hydrogen-bond acceptors (Lipinski definition) is 7. The molecule has 1 aliphatic rings. The molecule has 32 heavy (non-hydrogen) atoms. The summed E-state index contributed by atoms with van der Waals surface area (Å²) in [7, 11) is -3.95. The number of carbonyl (C=O) groups excluding carboxylic acids is 1. The summed E-state index contributed by atoms with van der Waals surface area (Å²) in [6.07, 6.45) is 8.42. The molecule has 0 aliphatic heterocycles. The number of aliphatic carboxylic acids is 1. The van der Waals surface area contributed by atoms with E-state index in [1.165, 1.54) is 32.1 Å². The summed E-state index contributed by atoms with van der Waals surface area (Å²) in [6.45, 7) is 0. The fraction of sp³-hybridized carbons (Fsp3) is 0.545. The van der Waals surface area contributed by atoms with Gasteiger partial charge in [-0.1, -0.05) is 80.4 Å². The number of aromatic nitrogens is 2. The van der Waals surface area contributed by atoms with Crippen molar-refractivity contribution in [1.29, 1.82) is 0 Å². The van der Waals surface area contributed by atoms with Gasteiger partial charge in [-0.15, -0.1) is 0 Å². The predicted molar refractivity (Wildman–Crippen MR) is 116 cm³/mol. The smallest absolute Gasteiger partial charge is 0.306 e. The SMILES string of the molecule is O=C(O)C[C@@H](CCCC1CCCCC1)c1nc(C(=O)NS(=O)(=O)Cc2ccccc2)no1. The lowest BCUT2D eigenvalue weighted by Gasteiger charge is -2.21. The maximum Gasteiger partial charge on any atom is 0.306 e. The van der Waals surface area contributed by atoms with Crippen LogP contribution in [0.4, 0.5) is 0 Å². The van der Waals surface area contributed by atoms with Crippen LogP contribution in [0, 0.1) is 5.92 Å². The number of nitrogens with one attached hydrogen (secondary N) is 1. The Bertz CT molecular complexity index is 1000. The first-order valence-electron chi connectivity index (χ1n) is 11.0. The molecule has 0 unspecified atom stereocenters. The highest BCUT2D eigenvalue weighted by molar-refractivity contribution is 7.89. The van der Waals surface area contributed by atoms with Gasteiger partial charge in [0, 0.05) is 5.92 Å². The number of carboxylic acid groups (broad SMARTS) is 1. The zero-order chi connectivity index (χ0) is 23.0. The minimum Gasteiger partial charge on any atom is -0.481 e. The zero-order valence-electron chi connectivity index (χ0n) is 17.9. The molecule has 0 radical (unpaired) electrons. The topological polar surface area (TPSA) is 139 Å². The highest BCUT2D eigenvalue weighted by atomic mass is 32.2. The molecule has 2 aromatic rings. The Kier molecular flexibility index (Phi) is 8.38. The highest BCUT2D eigenvalue weighted by Crippen LogP contribution is 2.31. The second-order valence-corrected chi connectivity index (χ2v) is 10.1. The first-order chi connectivity index (χ1) is 15.3. The normalized spacial score (nSPS) is 15.9. The maximum absolute atomic E-state index is 12.3. The second-order valence-electron chi connectivity index (χ2n) is 8.36. The van der Waals surface area contributed by atoms with Gasteiger partial charge in [0.15, 0.2) is 0 Å². The Morgan fingerprint density at radius 1 is 1.16 bits per heavy atom. The van der Waals surface area contributed by atoms with E-state index in [0.717, 1.165) is 12.8 Å². The van der Waals surface area contributed by atoms with Gasteiger partial charge in [0.2, 0.25) is 15.9 Å². The molecule has 9 nitrogen and oxygen atoms in total. The standard InChI is InChI=1S/C22H29N3O6S/c26-19(27)14-18(13-7-12-16-8-3-1-4-9-16)22-23-20(24-31-22)21(28)25-32(29,30)15-17-10-5-2-6-11-17/h2,5-6,10-11,16,18H,1,3-4,7-9,12-15H2,(H,25,28)(H,26,27)/t18-/m1/s1. The quantitative estimate of drug-likeness (QED) is 0.515. The van der Waals surface area contributed by atoms with Crippen LogP contribution >= 0.6 is 0 Å². The molecule has 0 bridgehead atoms. The molecule has 1 aliphatic carbocycles. The third-order valence-electron chi connectivity index (χ3n) is 5.75. The van der Waals surface area contributed by atoms with E-state index in [2.05, 4.69) is 10.1 Å². The van der Waals surface area contributed by atoms with Gasteiger partial charge >= 0.3 is 11.9 Å². The Morgan fingerprint density at radius 2 is 1.88 bits per heavy atom. The van der Waals surface area contributed by atoms with Gasteiger partial charge in [-0.25, -0.2) is 13.1 Å². The van der Waals surface area contributed by atoms with Crippen LogP contribution in [-0.4, -0.2) is 35.5 Å². The number of nitrogens with zero attached hydrogens (tertiary/aromatic N) is 2. The summed E-state index contributed by atoms with van der Waals surface area (Å²) < 4.78 is 31.6. The molecular formula is C22H29N3O6S. The van der Waals surface area contributed by atoms with E-state index in [9.17, 15) is 23.1 Å². The van der Waals surface area contributed by atoms with E-state index < -0.39 is 33.6 Å². The van der Waals surface area contributed by atoms with E-state index in [4.69, 9.17) is 4.52 Å². The summed E-state index contributed by atoms with van der Waals surface area (Å²) in [5.41, 5.74) is 0.529. The second kappa shape index (κ2) is 11.2. The average Bonchev–Trinajstić information content (AvgIpc) is 3.24. The van der Waals surface area contributed by atoms with Crippen LogP contribution in [0.25, 0.3) is 0 Å². The number of hydrogen-bond donors (Lipinski definition) is 2. The third kappa shape index (κ3) is 7.44. The van der Waals surface area contributed by atoms with E-state index in [1.54, 1.807) is 30.3 Å². The lowest BCUT2D eigenvalue weighted by atomic mass is 9.84. The van der Waals surface area contributed by atoms with Crippen LogP contribution < -0.4 is 4.72 Å². The summed E-state index contributed by atoms with van der Waals surface area (Å²) >= 11 is 0. The number of sulfonamides is 1. The minimum atomic E-state index is -3.95. The number of carboxylic acids is 1. The van der Waals surface area contributed by atoms with Crippen molar-refractivity contribution in [1.82, 2.24) is 14.9 Å². The monoisotopic (exact) mass is 463 g/mol. The lowest BCUT2D eigenvalue weighted by molar-refractivity contribution is -0.137. The van der Waals surface area contributed by atoms with Gasteiger partial charge in [-0.05, 0) is 17.9 Å². The average molecular weight is 464 g/mol. The van der Waals surface area contributed by atoms with Crippen molar-refractivity contribution >= 4 is 21.9 Å². The Morgan fingerprint density at radius 3 is 2.56 bits per heavy atom. The molecule has 10 heteroatoms. The third-order valence-corrected chi connectivity index (χ3v) is 6.96. The van der Waals surface area contributed by atoms with Crippen LogP contribution in [0.2, 0.25) is 0 Å². The highest BCUT2D eigenvalue weighted by Gasteiger charge is 2.26. The Balaban J connectivity index is 1.59. The fourth-order valence-electron chi connectivity index (χ4n) is 4.16. The predicted octanol–water partition coefficient (Wildman–Crippen LogP) is 3.64. The van der Waals surface area contributed by atoms with Crippen LogP contribution in [-0.2, 0) is 20.6 Å². The number of benzene rings is 1. The number of carbonyl (C=O) groups is 2. The Hall–Kier alpha value is -2.75. The summed E-state index contributed by atoms with van der Waals surface area (Å²) in [5, 5.41) is 12.8. The molecule has 3 rings (SSSR count). The van der Waals surface area contributed by atoms with Gasteiger partial charge in [-0.3, -0.25) is 9.59 Å². The van der Waals surface area contributed by atoms with Crippen molar-refractivity contribution in [3.63, 3.8) is 0 Å².